The molecule has 4 nitrogen and oxygen atoms in total. The average Bonchev–Trinajstić information content (AvgIpc) is 2.63. The second-order valence-electron chi connectivity index (χ2n) is 5.06. The first-order valence-corrected chi connectivity index (χ1v) is 9.70. The average molecular weight is 358 g/mol. The van der Waals surface area contributed by atoms with E-state index < -0.39 is 16.8 Å². The fraction of sp³-hybridized carbons (Fsp3) is 0. The van der Waals surface area contributed by atoms with Gasteiger partial charge in [-0.1, -0.05) is 42.5 Å². The topological polar surface area (TPSA) is 69.9 Å². The van der Waals surface area contributed by atoms with E-state index in [0.717, 1.165) is 16.4 Å². The van der Waals surface area contributed by atoms with Crippen molar-refractivity contribution in [3.63, 3.8) is 0 Å². The normalized spacial score (nSPS) is 12.2. The first-order valence-electron chi connectivity index (χ1n) is 7.24. The first kappa shape index (κ1) is 17.0. The van der Waals surface area contributed by atoms with Crippen LogP contribution in [0.15, 0.2) is 78.9 Å². The van der Waals surface area contributed by atoms with Crippen LogP contribution in [0.4, 0.5) is 0 Å². The van der Waals surface area contributed by atoms with Crippen molar-refractivity contribution >= 4 is 27.4 Å². The molecule has 0 spiro atoms. The molecule has 122 valence electrons. The number of para-hydroxylation sites is 1. The largest absolute Gasteiger partial charge is 0.444 e. The Morgan fingerprint density at radius 1 is 0.583 bits per heavy atom. The molecule has 3 aromatic carbocycles. The van der Waals surface area contributed by atoms with Gasteiger partial charge >= 0.3 is 0 Å². The monoisotopic (exact) mass is 358 g/mol. The van der Waals surface area contributed by atoms with E-state index in [1.165, 1.54) is 0 Å². The zero-order valence-electron chi connectivity index (χ0n) is 12.6. The van der Waals surface area contributed by atoms with Gasteiger partial charge in [0.2, 0.25) is 0 Å². The molecule has 0 aliphatic heterocycles. The molecule has 0 fully saturated rings. The third-order valence-corrected chi connectivity index (χ3v) is 5.34. The van der Waals surface area contributed by atoms with E-state index in [9.17, 15) is 14.7 Å². The van der Waals surface area contributed by atoms with Crippen molar-refractivity contribution in [1.82, 2.24) is 0 Å². The molecule has 0 bridgehead atoms. The maximum Gasteiger partial charge on any atom is 0.262 e. The van der Waals surface area contributed by atoms with E-state index in [1.807, 2.05) is 54.6 Å². The van der Waals surface area contributed by atoms with Gasteiger partial charge in [0.25, 0.3) is 8.38 Å². The summed E-state index contributed by atoms with van der Waals surface area (Å²) in [5.41, 5.74) is 1.95. The lowest BCUT2D eigenvalue weighted by Gasteiger charge is -2.12. The molecule has 0 amide bonds. The van der Waals surface area contributed by atoms with Gasteiger partial charge in [-0.25, -0.2) is 0 Å². The third-order valence-electron chi connectivity index (χ3n) is 3.45. The third kappa shape index (κ3) is 4.18. The highest BCUT2D eigenvalue weighted by Gasteiger charge is 2.11. The Bertz CT molecular complexity index is 774. The Balaban J connectivity index is 1.73. The molecule has 6 heteroatoms. The lowest BCUT2D eigenvalue weighted by Crippen LogP contribution is -2.04. The lowest BCUT2D eigenvalue weighted by molar-refractivity contribution is 0.496. The van der Waals surface area contributed by atoms with Crippen LogP contribution in [0.2, 0.25) is 0 Å². The molecule has 3 N–H and O–H groups in total. The minimum Gasteiger partial charge on any atom is -0.444 e. The maximum atomic E-state index is 10.2. The quantitative estimate of drug-likeness (QED) is 0.612. The lowest BCUT2D eigenvalue weighted by atomic mass is 10.1. The summed E-state index contributed by atoms with van der Waals surface area (Å²) in [6.07, 6.45) is 0. The van der Waals surface area contributed by atoms with E-state index >= 15 is 0 Å². The van der Waals surface area contributed by atoms with E-state index in [1.54, 1.807) is 24.3 Å². The van der Waals surface area contributed by atoms with Gasteiger partial charge in [-0.05, 0) is 47.5 Å². The Morgan fingerprint density at radius 3 is 1.58 bits per heavy atom. The van der Waals surface area contributed by atoms with Gasteiger partial charge in [-0.15, -0.1) is 0 Å². The van der Waals surface area contributed by atoms with Crippen LogP contribution in [0.5, 0.6) is 5.75 Å². The van der Waals surface area contributed by atoms with Crippen molar-refractivity contribution < 1.29 is 19.2 Å². The molecule has 0 radical (unpaired) electrons. The minimum absolute atomic E-state index is 0.514. The molecule has 0 aliphatic rings. The fourth-order valence-corrected chi connectivity index (χ4v) is 3.45. The van der Waals surface area contributed by atoms with Crippen LogP contribution in [0, 0.1) is 0 Å². The minimum atomic E-state index is -2.06. The molecule has 0 saturated carbocycles. The van der Waals surface area contributed by atoms with Crippen LogP contribution >= 0.6 is 16.8 Å². The molecular formula is C18H16O4P2. The maximum absolute atomic E-state index is 10.2. The van der Waals surface area contributed by atoms with Crippen LogP contribution in [0.25, 0.3) is 11.1 Å². The molecule has 1 unspecified atom stereocenters. The molecule has 3 rings (SSSR count). The summed E-state index contributed by atoms with van der Waals surface area (Å²) >= 11 is 0. The highest BCUT2D eigenvalue weighted by molar-refractivity contribution is 7.55. The van der Waals surface area contributed by atoms with Crippen molar-refractivity contribution in [3.05, 3.63) is 78.9 Å². The molecule has 24 heavy (non-hydrogen) atoms. The highest BCUT2D eigenvalue weighted by atomic mass is 31.2. The van der Waals surface area contributed by atoms with Crippen LogP contribution in [-0.4, -0.2) is 14.7 Å². The Kier molecular flexibility index (Phi) is 5.57. The second-order valence-corrected chi connectivity index (χ2v) is 7.40. The van der Waals surface area contributed by atoms with Crippen molar-refractivity contribution in [1.29, 1.82) is 0 Å². The van der Waals surface area contributed by atoms with E-state index in [0.29, 0.717) is 11.1 Å². The molecule has 0 aliphatic carbocycles. The van der Waals surface area contributed by atoms with Gasteiger partial charge in [0.05, 0.1) is 0 Å². The van der Waals surface area contributed by atoms with Crippen molar-refractivity contribution in [2.24, 2.45) is 0 Å². The van der Waals surface area contributed by atoms with Crippen LogP contribution in [-0.2, 0) is 0 Å². The highest BCUT2D eigenvalue weighted by Crippen LogP contribution is 2.33. The SMILES string of the molecule is OP(O)c1ccc(-c2ccc(P(O)Oc3ccccc3)cc2)cc1. The summed E-state index contributed by atoms with van der Waals surface area (Å²) in [5, 5.41) is 1.24. The predicted molar refractivity (Wildman–Crippen MR) is 98.7 cm³/mol. The Hall–Kier alpha value is -1.80. The summed E-state index contributed by atoms with van der Waals surface area (Å²) in [7, 11) is -3.77. The molecule has 0 heterocycles. The van der Waals surface area contributed by atoms with Gasteiger partial charge < -0.3 is 19.2 Å². The van der Waals surface area contributed by atoms with Gasteiger partial charge in [0.15, 0.2) is 8.38 Å². The Morgan fingerprint density at radius 2 is 1.08 bits per heavy atom. The fourth-order valence-electron chi connectivity index (χ4n) is 2.20. The zero-order valence-corrected chi connectivity index (χ0v) is 14.4. The number of hydrogen-bond acceptors (Lipinski definition) is 4. The number of hydrogen-bond donors (Lipinski definition) is 3. The molecule has 0 saturated heterocycles. The van der Waals surface area contributed by atoms with Crippen molar-refractivity contribution in [2.75, 3.05) is 0 Å². The Labute approximate surface area is 142 Å². The summed E-state index contributed by atoms with van der Waals surface area (Å²) < 4.78 is 5.55. The predicted octanol–water partition coefficient (Wildman–Crippen LogP) is 3.28. The van der Waals surface area contributed by atoms with Crippen LogP contribution in [0.3, 0.4) is 0 Å². The molecule has 1 atom stereocenters. The van der Waals surface area contributed by atoms with E-state index in [-0.39, 0.29) is 0 Å². The van der Waals surface area contributed by atoms with Crippen molar-refractivity contribution in [3.8, 4) is 16.9 Å². The van der Waals surface area contributed by atoms with Crippen molar-refractivity contribution in [2.45, 2.75) is 0 Å². The smallest absolute Gasteiger partial charge is 0.262 e. The first-order chi connectivity index (χ1) is 11.6. The zero-order chi connectivity index (χ0) is 16.9. The standard InChI is InChI=1S/C18H16O4P2/c19-23(20)17-10-6-14(7-11-17)15-8-12-18(13-9-15)24(21)22-16-4-2-1-3-5-16/h1-13,19-21H. The van der Waals surface area contributed by atoms with Gasteiger partial charge in [0, 0.05) is 10.6 Å². The summed E-state index contributed by atoms with van der Waals surface area (Å²) in [5.74, 6) is 0.635. The van der Waals surface area contributed by atoms with Crippen LogP contribution in [0.1, 0.15) is 0 Å². The number of benzene rings is 3. The molecular weight excluding hydrogens is 342 g/mol. The van der Waals surface area contributed by atoms with E-state index in [2.05, 4.69) is 0 Å². The van der Waals surface area contributed by atoms with Crippen LogP contribution < -0.4 is 15.1 Å². The number of rotatable bonds is 5. The molecule has 0 aromatic heterocycles. The summed E-state index contributed by atoms with van der Waals surface area (Å²) in [4.78, 5) is 28.6. The summed E-state index contributed by atoms with van der Waals surface area (Å²) in [6, 6.07) is 23.8. The second kappa shape index (κ2) is 7.85. The van der Waals surface area contributed by atoms with E-state index in [4.69, 9.17) is 4.52 Å². The van der Waals surface area contributed by atoms with Gasteiger partial charge in [-0.3, -0.25) is 0 Å². The molecule has 3 aromatic rings. The van der Waals surface area contributed by atoms with Gasteiger partial charge in [-0.2, -0.15) is 0 Å². The summed E-state index contributed by atoms with van der Waals surface area (Å²) in [6.45, 7) is 0. The van der Waals surface area contributed by atoms with Gasteiger partial charge in [0.1, 0.15) is 5.75 Å².